The van der Waals surface area contributed by atoms with E-state index < -0.39 is 5.91 Å². The highest BCUT2D eigenvalue weighted by Crippen LogP contribution is 2.26. The molecule has 0 saturated heterocycles. The molecule has 1 aliphatic carbocycles. The summed E-state index contributed by atoms with van der Waals surface area (Å²) in [5.41, 5.74) is 5.81. The monoisotopic (exact) mass is 313 g/mol. The van der Waals surface area contributed by atoms with Gasteiger partial charge < -0.3 is 15.1 Å². The van der Waals surface area contributed by atoms with Gasteiger partial charge in [-0.3, -0.25) is 14.6 Å². The first-order chi connectivity index (χ1) is 11.1. The molecule has 2 amide bonds. The zero-order chi connectivity index (χ0) is 16.2. The van der Waals surface area contributed by atoms with Crippen LogP contribution in [0, 0.1) is 0 Å². The molecule has 2 aromatic heterocycles. The molecule has 6 heteroatoms. The summed E-state index contributed by atoms with van der Waals surface area (Å²) in [7, 11) is 0. The van der Waals surface area contributed by atoms with Crippen LogP contribution in [0.25, 0.3) is 0 Å². The van der Waals surface area contributed by atoms with E-state index in [2.05, 4.69) is 4.98 Å². The molecule has 120 valence electrons. The number of carbonyl (C=O) groups excluding carboxylic acids is 2. The molecule has 2 aromatic rings. The first-order valence-corrected chi connectivity index (χ1v) is 7.74. The van der Waals surface area contributed by atoms with Crippen LogP contribution in [-0.2, 0) is 6.54 Å². The molecule has 0 atom stereocenters. The second-order valence-corrected chi connectivity index (χ2v) is 5.75. The lowest BCUT2D eigenvalue weighted by atomic mass is 10.1. The Bertz CT molecular complexity index is 674. The molecule has 0 unspecified atom stereocenters. The summed E-state index contributed by atoms with van der Waals surface area (Å²) in [5, 5.41) is 0. The van der Waals surface area contributed by atoms with E-state index in [4.69, 9.17) is 10.2 Å². The van der Waals surface area contributed by atoms with Crippen molar-refractivity contribution < 1.29 is 14.0 Å². The zero-order valence-electron chi connectivity index (χ0n) is 12.8. The molecule has 6 nitrogen and oxygen atoms in total. The molecule has 1 saturated carbocycles. The topological polar surface area (TPSA) is 89.4 Å². The lowest BCUT2D eigenvalue weighted by Crippen LogP contribution is -2.38. The van der Waals surface area contributed by atoms with E-state index in [1.807, 2.05) is 17.0 Å². The summed E-state index contributed by atoms with van der Waals surface area (Å²) in [6.45, 7) is 0.426. The summed E-state index contributed by atoms with van der Waals surface area (Å²) in [6, 6.07) is 6.95. The SMILES string of the molecule is NC(=O)c1ccc(C(=O)N(Cc2ccco2)C2CCCC2)nc1. The van der Waals surface area contributed by atoms with Gasteiger partial charge in [0, 0.05) is 12.2 Å². The van der Waals surface area contributed by atoms with Crippen LogP contribution in [0.1, 0.15) is 52.3 Å². The van der Waals surface area contributed by atoms with Crippen molar-refractivity contribution in [2.24, 2.45) is 5.73 Å². The second-order valence-electron chi connectivity index (χ2n) is 5.75. The molecule has 0 aliphatic heterocycles. The summed E-state index contributed by atoms with van der Waals surface area (Å²) in [4.78, 5) is 29.9. The molecule has 2 heterocycles. The fourth-order valence-electron chi connectivity index (χ4n) is 2.97. The maximum atomic E-state index is 12.8. The number of rotatable bonds is 5. The highest BCUT2D eigenvalue weighted by Gasteiger charge is 2.28. The van der Waals surface area contributed by atoms with E-state index in [9.17, 15) is 9.59 Å². The van der Waals surface area contributed by atoms with Crippen LogP contribution in [0.15, 0.2) is 41.1 Å². The quantitative estimate of drug-likeness (QED) is 0.917. The normalized spacial score (nSPS) is 14.8. The van der Waals surface area contributed by atoms with Crippen molar-refractivity contribution in [1.29, 1.82) is 0 Å². The number of amides is 2. The standard InChI is InChI=1S/C17H19N3O3/c18-16(21)12-7-8-15(19-10-12)17(22)20(13-4-1-2-5-13)11-14-6-3-9-23-14/h3,6-10,13H,1-2,4-5,11H2,(H2,18,21). The number of nitrogens with zero attached hydrogens (tertiary/aromatic N) is 2. The van der Waals surface area contributed by atoms with Crippen LogP contribution < -0.4 is 5.73 Å². The van der Waals surface area contributed by atoms with Crippen LogP contribution in [0.5, 0.6) is 0 Å². The van der Waals surface area contributed by atoms with Crippen molar-refractivity contribution in [1.82, 2.24) is 9.88 Å². The first-order valence-electron chi connectivity index (χ1n) is 7.74. The molecule has 23 heavy (non-hydrogen) atoms. The van der Waals surface area contributed by atoms with E-state index in [1.165, 1.54) is 12.3 Å². The zero-order valence-corrected chi connectivity index (χ0v) is 12.8. The summed E-state index contributed by atoms with van der Waals surface area (Å²) in [6.07, 6.45) is 7.18. The highest BCUT2D eigenvalue weighted by molar-refractivity contribution is 5.95. The van der Waals surface area contributed by atoms with Gasteiger partial charge in [-0.25, -0.2) is 0 Å². The third kappa shape index (κ3) is 3.41. The van der Waals surface area contributed by atoms with Crippen molar-refractivity contribution in [3.63, 3.8) is 0 Å². The van der Waals surface area contributed by atoms with Gasteiger partial charge >= 0.3 is 0 Å². The number of pyridine rings is 1. The van der Waals surface area contributed by atoms with E-state index in [1.54, 1.807) is 12.3 Å². The Hall–Kier alpha value is -2.63. The second kappa shape index (κ2) is 6.64. The van der Waals surface area contributed by atoms with Crippen LogP contribution >= 0.6 is 0 Å². The largest absolute Gasteiger partial charge is 0.467 e. The minimum absolute atomic E-state index is 0.149. The predicted octanol–water partition coefficient (Wildman–Crippen LogP) is 2.36. The third-order valence-corrected chi connectivity index (χ3v) is 4.20. The smallest absolute Gasteiger partial charge is 0.273 e. The maximum Gasteiger partial charge on any atom is 0.273 e. The number of hydrogen-bond acceptors (Lipinski definition) is 4. The Balaban J connectivity index is 1.82. The highest BCUT2D eigenvalue weighted by atomic mass is 16.3. The fraction of sp³-hybridized carbons (Fsp3) is 0.353. The minimum Gasteiger partial charge on any atom is -0.467 e. The number of carbonyl (C=O) groups is 2. The Kier molecular flexibility index (Phi) is 4.41. The molecule has 0 aromatic carbocycles. The first kappa shape index (κ1) is 15.3. The van der Waals surface area contributed by atoms with Crippen LogP contribution in [0.3, 0.4) is 0 Å². The maximum absolute atomic E-state index is 12.8. The van der Waals surface area contributed by atoms with Crippen molar-refractivity contribution in [3.05, 3.63) is 53.7 Å². The van der Waals surface area contributed by atoms with Crippen molar-refractivity contribution >= 4 is 11.8 Å². The molecule has 1 fully saturated rings. The molecule has 0 spiro atoms. The van der Waals surface area contributed by atoms with Gasteiger partial charge in [0.25, 0.3) is 5.91 Å². The summed E-state index contributed by atoms with van der Waals surface area (Å²) < 4.78 is 5.38. The van der Waals surface area contributed by atoms with E-state index in [0.717, 1.165) is 31.4 Å². The number of primary amides is 1. The molecule has 0 bridgehead atoms. The van der Waals surface area contributed by atoms with Crippen molar-refractivity contribution in [3.8, 4) is 0 Å². The predicted molar refractivity (Wildman–Crippen MR) is 83.6 cm³/mol. The van der Waals surface area contributed by atoms with Crippen molar-refractivity contribution in [2.45, 2.75) is 38.3 Å². The molecule has 0 radical (unpaired) electrons. The Labute approximate surface area is 134 Å². The number of nitrogens with two attached hydrogens (primary N) is 1. The molecule has 1 aliphatic rings. The van der Waals surface area contributed by atoms with Gasteiger partial charge in [0.2, 0.25) is 5.91 Å². The third-order valence-electron chi connectivity index (χ3n) is 4.20. The van der Waals surface area contributed by atoms with Gasteiger partial charge in [-0.1, -0.05) is 12.8 Å². The van der Waals surface area contributed by atoms with Gasteiger partial charge in [-0.15, -0.1) is 0 Å². The molecular formula is C17H19N3O3. The lowest BCUT2D eigenvalue weighted by Gasteiger charge is -2.28. The lowest BCUT2D eigenvalue weighted by molar-refractivity contribution is 0.0642. The van der Waals surface area contributed by atoms with Gasteiger partial charge in [0.1, 0.15) is 11.5 Å². The number of aromatic nitrogens is 1. The Morgan fingerprint density at radius 2 is 2.04 bits per heavy atom. The molecule has 2 N–H and O–H groups in total. The number of hydrogen-bond donors (Lipinski definition) is 1. The summed E-state index contributed by atoms with van der Waals surface area (Å²) >= 11 is 0. The van der Waals surface area contributed by atoms with Gasteiger partial charge in [0.15, 0.2) is 0 Å². The fourth-order valence-corrected chi connectivity index (χ4v) is 2.97. The van der Waals surface area contributed by atoms with Crippen LogP contribution in [0.2, 0.25) is 0 Å². The van der Waals surface area contributed by atoms with Crippen LogP contribution in [-0.4, -0.2) is 27.7 Å². The van der Waals surface area contributed by atoms with E-state index >= 15 is 0 Å². The van der Waals surface area contributed by atoms with Crippen molar-refractivity contribution in [2.75, 3.05) is 0 Å². The van der Waals surface area contributed by atoms with Gasteiger partial charge in [0.05, 0.1) is 18.4 Å². The number of furan rings is 1. The molecular weight excluding hydrogens is 294 g/mol. The van der Waals surface area contributed by atoms with E-state index in [-0.39, 0.29) is 11.9 Å². The Morgan fingerprint density at radius 1 is 1.26 bits per heavy atom. The minimum atomic E-state index is -0.556. The van der Waals surface area contributed by atoms with Gasteiger partial charge in [-0.05, 0) is 37.1 Å². The van der Waals surface area contributed by atoms with E-state index in [0.29, 0.717) is 17.8 Å². The molecule has 3 rings (SSSR count). The van der Waals surface area contributed by atoms with Crippen LogP contribution in [0.4, 0.5) is 0 Å². The van der Waals surface area contributed by atoms with Gasteiger partial charge in [-0.2, -0.15) is 0 Å². The summed E-state index contributed by atoms with van der Waals surface area (Å²) in [5.74, 6) is 0.0445. The Morgan fingerprint density at radius 3 is 2.61 bits per heavy atom. The average molecular weight is 313 g/mol. The average Bonchev–Trinajstić information content (AvgIpc) is 3.25.